The summed E-state index contributed by atoms with van der Waals surface area (Å²) in [6.45, 7) is 3.09. The van der Waals surface area contributed by atoms with Gasteiger partial charge in [-0.05, 0) is 43.5 Å². The second-order valence-electron chi connectivity index (χ2n) is 7.15. The van der Waals surface area contributed by atoms with E-state index in [1.807, 2.05) is 6.07 Å². The number of anilines is 1. The van der Waals surface area contributed by atoms with Gasteiger partial charge in [-0.25, -0.2) is 4.39 Å². The molecular formula is C22H18F4N2O. The van der Waals surface area contributed by atoms with Gasteiger partial charge in [0.1, 0.15) is 5.82 Å². The van der Waals surface area contributed by atoms with E-state index in [9.17, 15) is 22.4 Å². The molecule has 29 heavy (non-hydrogen) atoms. The van der Waals surface area contributed by atoms with E-state index in [0.29, 0.717) is 16.5 Å². The Kier molecular flexibility index (Phi) is 4.76. The molecule has 2 aromatic carbocycles. The standard InChI is InChI=1S/C22H18F4N2O/c1-13-18(21(29)22(24,25)26)19(14-7-9-15(23)10-8-14)16-5-4-6-17(20(16)27-13)28-11-2-3-12-28/h4-10H,2-3,11-12H2,1H3. The van der Waals surface area contributed by atoms with E-state index in [4.69, 9.17) is 0 Å². The average molecular weight is 402 g/mol. The Morgan fingerprint density at radius 3 is 2.31 bits per heavy atom. The zero-order chi connectivity index (χ0) is 20.8. The molecule has 4 rings (SSSR count). The zero-order valence-electron chi connectivity index (χ0n) is 15.7. The molecular weight excluding hydrogens is 384 g/mol. The van der Waals surface area contributed by atoms with Gasteiger partial charge in [-0.15, -0.1) is 0 Å². The number of benzene rings is 2. The van der Waals surface area contributed by atoms with E-state index in [1.165, 1.54) is 31.2 Å². The molecule has 1 aliphatic heterocycles. The fourth-order valence-electron chi connectivity index (χ4n) is 3.94. The van der Waals surface area contributed by atoms with Crippen molar-refractivity contribution in [3.8, 4) is 11.1 Å². The average Bonchev–Trinajstić information content (AvgIpc) is 3.20. The number of Topliss-reactive ketones (excluding diaryl/α,β-unsaturated/α-hetero) is 1. The number of para-hydroxylation sites is 1. The lowest BCUT2D eigenvalue weighted by atomic mass is 9.91. The van der Waals surface area contributed by atoms with Crippen LogP contribution in [0, 0.1) is 12.7 Å². The Labute approximate surface area is 165 Å². The first-order valence-corrected chi connectivity index (χ1v) is 9.33. The molecule has 3 nitrogen and oxygen atoms in total. The van der Waals surface area contributed by atoms with Crippen molar-refractivity contribution in [1.82, 2.24) is 4.98 Å². The summed E-state index contributed by atoms with van der Waals surface area (Å²) < 4.78 is 53.5. The largest absolute Gasteiger partial charge is 0.454 e. The minimum absolute atomic E-state index is 0.00537. The van der Waals surface area contributed by atoms with Crippen molar-refractivity contribution in [3.05, 3.63) is 59.5 Å². The number of carbonyl (C=O) groups is 1. The molecule has 0 unspecified atom stereocenters. The Morgan fingerprint density at radius 2 is 1.69 bits per heavy atom. The number of ketones is 1. The molecule has 2 heterocycles. The summed E-state index contributed by atoms with van der Waals surface area (Å²) in [5.41, 5.74) is 1.37. The van der Waals surface area contributed by atoms with Crippen LogP contribution in [0.15, 0.2) is 42.5 Å². The monoisotopic (exact) mass is 402 g/mol. The Bertz CT molecular complexity index is 1080. The first-order valence-electron chi connectivity index (χ1n) is 9.33. The third-order valence-electron chi connectivity index (χ3n) is 5.24. The number of fused-ring (bicyclic) bond motifs is 1. The molecule has 1 fully saturated rings. The highest BCUT2D eigenvalue weighted by atomic mass is 19.4. The smallest absolute Gasteiger partial charge is 0.370 e. The number of rotatable bonds is 3. The Morgan fingerprint density at radius 1 is 1.03 bits per heavy atom. The van der Waals surface area contributed by atoms with E-state index >= 15 is 0 Å². The van der Waals surface area contributed by atoms with Crippen molar-refractivity contribution in [3.63, 3.8) is 0 Å². The number of pyridine rings is 1. The van der Waals surface area contributed by atoms with Crippen LogP contribution < -0.4 is 4.90 Å². The lowest BCUT2D eigenvalue weighted by molar-refractivity contribution is -0.0885. The number of halogens is 4. The summed E-state index contributed by atoms with van der Waals surface area (Å²) in [5.74, 6) is -2.46. The highest BCUT2D eigenvalue weighted by Gasteiger charge is 2.42. The first-order chi connectivity index (χ1) is 13.8. The SMILES string of the molecule is Cc1nc2c(N3CCCC3)cccc2c(-c2ccc(F)cc2)c1C(=O)C(F)(F)F. The maximum atomic E-state index is 13.4. The summed E-state index contributed by atoms with van der Waals surface area (Å²) in [7, 11) is 0. The number of hydrogen-bond acceptors (Lipinski definition) is 3. The van der Waals surface area contributed by atoms with Gasteiger partial charge in [-0.2, -0.15) is 13.2 Å². The second kappa shape index (κ2) is 7.13. The number of hydrogen-bond donors (Lipinski definition) is 0. The second-order valence-corrected chi connectivity index (χ2v) is 7.15. The van der Waals surface area contributed by atoms with Crippen LogP contribution in [-0.4, -0.2) is 30.0 Å². The van der Waals surface area contributed by atoms with Crippen molar-refractivity contribution < 1.29 is 22.4 Å². The van der Waals surface area contributed by atoms with Crippen LogP contribution in [0.25, 0.3) is 22.0 Å². The van der Waals surface area contributed by atoms with Gasteiger partial charge in [0, 0.05) is 29.7 Å². The van der Waals surface area contributed by atoms with E-state index in [-0.39, 0.29) is 11.3 Å². The van der Waals surface area contributed by atoms with E-state index in [1.54, 1.807) is 12.1 Å². The van der Waals surface area contributed by atoms with Crippen molar-refractivity contribution >= 4 is 22.4 Å². The predicted molar refractivity (Wildman–Crippen MR) is 104 cm³/mol. The van der Waals surface area contributed by atoms with Crippen LogP contribution in [-0.2, 0) is 0 Å². The van der Waals surface area contributed by atoms with Crippen LogP contribution in [0.3, 0.4) is 0 Å². The molecule has 0 bridgehead atoms. The molecule has 3 aromatic rings. The van der Waals surface area contributed by atoms with Crippen LogP contribution >= 0.6 is 0 Å². The molecule has 0 radical (unpaired) electrons. The molecule has 150 valence electrons. The molecule has 1 aliphatic rings. The van der Waals surface area contributed by atoms with Gasteiger partial charge in [0.15, 0.2) is 0 Å². The number of alkyl halides is 3. The summed E-state index contributed by atoms with van der Waals surface area (Å²) in [6.07, 6.45) is -2.98. The predicted octanol–water partition coefficient (Wildman–Crippen LogP) is 5.69. The molecule has 1 saturated heterocycles. The van der Waals surface area contributed by atoms with Gasteiger partial charge < -0.3 is 4.90 Å². The number of nitrogens with zero attached hydrogens (tertiary/aromatic N) is 2. The molecule has 0 saturated carbocycles. The minimum Gasteiger partial charge on any atom is -0.370 e. The first kappa shape index (κ1) is 19.4. The van der Waals surface area contributed by atoms with Crippen molar-refractivity contribution in [1.29, 1.82) is 0 Å². The normalized spacial score (nSPS) is 14.6. The summed E-state index contributed by atoms with van der Waals surface area (Å²) >= 11 is 0. The molecule has 0 aliphatic carbocycles. The van der Waals surface area contributed by atoms with Gasteiger partial charge in [-0.3, -0.25) is 9.78 Å². The maximum Gasteiger partial charge on any atom is 0.454 e. The summed E-state index contributed by atoms with van der Waals surface area (Å²) in [5, 5.41) is 0.444. The highest BCUT2D eigenvalue weighted by Crippen LogP contribution is 2.39. The highest BCUT2D eigenvalue weighted by molar-refractivity contribution is 6.14. The lowest BCUT2D eigenvalue weighted by Crippen LogP contribution is -2.25. The fourth-order valence-corrected chi connectivity index (χ4v) is 3.94. The van der Waals surface area contributed by atoms with Gasteiger partial charge in [0.2, 0.25) is 0 Å². The van der Waals surface area contributed by atoms with E-state index < -0.39 is 23.3 Å². The third kappa shape index (κ3) is 3.45. The zero-order valence-corrected chi connectivity index (χ0v) is 15.7. The molecule has 7 heteroatoms. The van der Waals surface area contributed by atoms with Gasteiger partial charge in [-0.1, -0.05) is 24.3 Å². The van der Waals surface area contributed by atoms with Gasteiger partial charge >= 0.3 is 6.18 Å². The Balaban J connectivity index is 2.07. The Hall–Kier alpha value is -2.96. The fraction of sp³-hybridized carbons (Fsp3) is 0.273. The van der Waals surface area contributed by atoms with E-state index in [2.05, 4.69) is 9.88 Å². The van der Waals surface area contributed by atoms with Gasteiger partial charge in [0.05, 0.1) is 16.8 Å². The summed E-state index contributed by atoms with van der Waals surface area (Å²) in [6, 6.07) is 10.4. The van der Waals surface area contributed by atoms with Crippen LogP contribution in [0.4, 0.5) is 23.2 Å². The quantitative estimate of drug-likeness (QED) is 0.417. The number of aryl methyl sites for hydroxylation is 1. The van der Waals surface area contributed by atoms with Crippen molar-refractivity contribution in [2.24, 2.45) is 0 Å². The molecule has 1 aromatic heterocycles. The molecule has 0 N–H and O–H groups in total. The van der Waals surface area contributed by atoms with Crippen LogP contribution in [0.5, 0.6) is 0 Å². The molecule has 0 spiro atoms. The van der Waals surface area contributed by atoms with E-state index in [0.717, 1.165) is 31.6 Å². The van der Waals surface area contributed by atoms with Crippen molar-refractivity contribution in [2.75, 3.05) is 18.0 Å². The number of carbonyl (C=O) groups excluding carboxylic acids is 1. The lowest BCUT2D eigenvalue weighted by Gasteiger charge is -2.22. The molecule has 0 atom stereocenters. The van der Waals surface area contributed by atoms with Gasteiger partial charge in [0.25, 0.3) is 5.78 Å². The minimum atomic E-state index is -5.04. The maximum absolute atomic E-state index is 13.4. The van der Waals surface area contributed by atoms with Crippen LogP contribution in [0.1, 0.15) is 28.9 Å². The molecule has 0 amide bonds. The van der Waals surface area contributed by atoms with Crippen LogP contribution in [0.2, 0.25) is 0 Å². The topological polar surface area (TPSA) is 33.2 Å². The summed E-state index contributed by atoms with van der Waals surface area (Å²) in [4.78, 5) is 18.9. The van der Waals surface area contributed by atoms with Crippen molar-refractivity contribution in [2.45, 2.75) is 25.9 Å². The number of aromatic nitrogens is 1. The third-order valence-corrected chi connectivity index (χ3v) is 5.24.